The van der Waals surface area contributed by atoms with E-state index in [2.05, 4.69) is 0 Å². The van der Waals surface area contributed by atoms with Crippen molar-refractivity contribution in [3.05, 3.63) is 0 Å². The molecular formula is C13H22F3N3. The number of rotatable bonds is 3. The van der Waals surface area contributed by atoms with Gasteiger partial charge in [0, 0.05) is 12.6 Å². The van der Waals surface area contributed by atoms with Crippen molar-refractivity contribution >= 4 is 5.84 Å². The van der Waals surface area contributed by atoms with E-state index in [0.29, 0.717) is 12.5 Å². The number of halogens is 3. The van der Waals surface area contributed by atoms with Gasteiger partial charge in [-0.05, 0) is 38.1 Å². The third-order valence-electron chi connectivity index (χ3n) is 4.55. The van der Waals surface area contributed by atoms with Crippen molar-refractivity contribution in [2.45, 2.75) is 50.7 Å². The molecule has 2 fully saturated rings. The van der Waals surface area contributed by atoms with Gasteiger partial charge in [-0.15, -0.1) is 0 Å². The van der Waals surface area contributed by atoms with Crippen LogP contribution in [0.5, 0.6) is 0 Å². The Bertz CT molecular complexity index is 328. The quantitative estimate of drug-likeness (QED) is 0.615. The lowest BCUT2D eigenvalue weighted by Gasteiger charge is -2.45. The minimum atomic E-state index is -4.41. The van der Waals surface area contributed by atoms with Gasteiger partial charge in [0.2, 0.25) is 0 Å². The molecule has 3 nitrogen and oxygen atoms in total. The molecule has 0 spiro atoms. The van der Waals surface area contributed by atoms with E-state index in [1.54, 1.807) is 0 Å². The zero-order valence-electron chi connectivity index (χ0n) is 11.0. The average molecular weight is 277 g/mol. The van der Waals surface area contributed by atoms with Crippen LogP contribution in [0, 0.1) is 17.2 Å². The Balaban J connectivity index is 2.05. The van der Waals surface area contributed by atoms with Gasteiger partial charge in [0.05, 0.1) is 0 Å². The van der Waals surface area contributed by atoms with Gasteiger partial charge in [-0.3, -0.25) is 10.3 Å². The maximum atomic E-state index is 12.9. The SMILES string of the molecule is N=C(N)C(CN1CCC[C@H]2CCCC[C@H]21)C(F)(F)F. The molecule has 0 amide bonds. The Morgan fingerprint density at radius 2 is 1.84 bits per heavy atom. The number of alkyl halides is 3. The maximum absolute atomic E-state index is 12.9. The zero-order valence-corrected chi connectivity index (χ0v) is 11.0. The first kappa shape index (κ1) is 14.6. The van der Waals surface area contributed by atoms with Gasteiger partial charge < -0.3 is 5.73 Å². The lowest BCUT2D eigenvalue weighted by molar-refractivity contribution is -0.163. The van der Waals surface area contributed by atoms with E-state index in [1.165, 1.54) is 6.42 Å². The minimum absolute atomic E-state index is 0.139. The molecule has 19 heavy (non-hydrogen) atoms. The molecule has 3 N–H and O–H groups in total. The lowest BCUT2D eigenvalue weighted by atomic mass is 9.78. The number of likely N-dealkylation sites (tertiary alicyclic amines) is 1. The molecular weight excluding hydrogens is 255 g/mol. The van der Waals surface area contributed by atoms with Gasteiger partial charge in [-0.1, -0.05) is 12.8 Å². The zero-order chi connectivity index (χ0) is 14.0. The summed E-state index contributed by atoms with van der Waals surface area (Å²) in [7, 11) is 0. The first-order chi connectivity index (χ1) is 8.89. The Kier molecular flexibility index (Phi) is 4.38. The van der Waals surface area contributed by atoms with Crippen LogP contribution >= 0.6 is 0 Å². The Hall–Kier alpha value is -0.780. The summed E-state index contributed by atoms with van der Waals surface area (Å²) >= 11 is 0. The van der Waals surface area contributed by atoms with E-state index in [4.69, 9.17) is 11.1 Å². The Morgan fingerprint density at radius 1 is 1.21 bits per heavy atom. The van der Waals surface area contributed by atoms with E-state index < -0.39 is 17.9 Å². The summed E-state index contributed by atoms with van der Waals surface area (Å²) in [6, 6.07) is 0.270. The molecule has 1 saturated heterocycles. The van der Waals surface area contributed by atoms with Gasteiger partial charge in [-0.25, -0.2) is 0 Å². The summed E-state index contributed by atoms with van der Waals surface area (Å²) in [6.45, 7) is 0.570. The average Bonchev–Trinajstić information content (AvgIpc) is 2.34. The molecule has 110 valence electrons. The number of piperidine rings is 1. The topological polar surface area (TPSA) is 53.1 Å². The monoisotopic (exact) mass is 277 g/mol. The number of amidine groups is 1. The highest BCUT2D eigenvalue weighted by atomic mass is 19.4. The van der Waals surface area contributed by atoms with Gasteiger partial charge in [-0.2, -0.15) is 13.2 Å². The van der Waals surface area contributed by atoms with Crippen molar-refractivity contribution in [1.29, 1.82) is 5.41 Å². The fourth-order valence-electron chi connectivity index (χ4n) is 3.57. The van der Waals surface area contributed by atoms with E-state index in [1.807, 2.05) is 4.90 Å². The molecule has 0 aromatic heterocycles. The van der Waals surface area contributed by atoms with Crippen LogP contribution in [-0.4, -0.2) is 36.0 Å². The second kappa shape index (κ2) is 5.69. The van der Waals surface area contributed by atoms with E-state index in [-0.39, 0.29) is 12.6 Å². The standard InChI is InChI=1S/C13H22F3N3/c14-13(15,16)10(12(17)18)8-19-7-3-5-9-4-1-2-6-11(9)19/h9-11H,1-8H2,(H3,17,18)/t9-,10?,11-/m1/s1. The predicted octanol–water partition coefficient (Wildman–Crippen LogP) is 2.76. The first-order valence-electron chi connectivity index (χ1n) is 7.04. The van der Waals surface area contributed by atoms with Gasteiger partial charge in [0.25, 0.3) is 0 Å². The van der Waals surface area contributed by atoms with Crippen LogP contribution in [0.4, 0.5) is 13.2 Å². The van der Waals surface area contributed by atoms with Gasteiger partial charge >= 0.3 is 6.18 Å². The molecule has 0 aromatic carbocycles. The molecule has 1 unspecified atom stereocenters. The third kappa shape index (κ3) is 3.41. The lowest BCUT2D eigenvalue weighted by Crippen LogP contribution is -2.52. The number of nitrogens with one attached hydrogen (secondary N) is 1. The molecule has 1 saturated carbocycles. The second-order valence-electron chi connectivity index (χ2n) is 5.80. The van der Waals surface area contributed by atoms with Crippen molar-refractivity contribution in [2.24, 2.45) is 17.6 Å². The molecule has 0 bridgehead atoms. The third-order valence-corrected chi connectivity index (χ3v) is 4.55. The highest BCUT2D eigenvalue weighted by molar-refractivity contribution is 5.80. The summed E-state index contributed by atoms with van der Waals surface area (Å²) in [5, 5.41) is 7.19. The summed E-state index contributed by atoms with van der Waals surface area (Å²) in [5.41, 5.74) is 5.14. The summed E-state index contributed by atoms with van der Waals surface area (Å²) in [5.74, 6) is -2.03. The summed E-state index contributed by atoms with van der Waals surface area (Å²) in [4.78, 5) is 1.94. The number of nitrogens with two attached hydrogens (primary N) is 1. The normalized spacial score (nSPS) is 30.7. The van der Waals surface area contributed by atoms with E-state index >= 15 is 0 Å². The molecule has 0 aromatic rings. The van der Waals surface area contributed by atoms with Crippen molar-refractivity contribution < 1.29 is 13.2 Å². The van der Waals surface area contributed by atoms with Crippen molar-refractivity contribution in [2.75, 3.05) is 13.1 Å². The number of nitrogens with zero attached hydrogens (tertiary/aromatic N) is 1. The van der Waals surface area contributed by atoms with Crippen molar-refractivity contribution in [3.63, 3.8) is 0 Å². The van der Waals surface area contributed by atoms with Crippen LogP contribution in [0.2, 0.25) is 0 Å². The number of fused-ring (bicyclic) bond motifs is 1. The smallest absolute Gasteiger partial charge is 0.387 e. The van der Waals surface area contributed by atoms with E-state index in [9.17, 15) is 13.2 Å². The highest BCUT2D eigenvalue weighted by Gasteiger charge is 2.45. The van der Waals surface area contributed by atoms with Crippen molar-refractivity contribution in [3.8, 4) is 0 Å². The van der Waals surface area contributed by atoms with Crippen LogP contribution in [-0.2, 0) is 0 Å². The molecule has 1 heterocycles. The predicted molar refractivity (Wildman–Crippen MR) is 68.0 cm³/mol. The number of hydrogen-bond acceptors (Lipinski definition) is 2. The molecule has 2 aliphatic rings. The van der Waals surface area contributed by atoms with Crippen LogP contribution in [0.25, 0.3) is 0 Å². The molecule has 6 heteroatoms. The van der Waals surface area contributed by atoms with Crippen LogP contribution in [0.3, 0.4) is 0 Å². The highest BCUT2D eigenvalue weighted by Crippen LogP contribution is 2.37. The van der Waals surface area contributed by atoms with Gasteiger partial charge in [0.1, 0.15) is 11.8 Å². The first-order valence-corrected chi connectivity index (χ1v) is 7.04. The molecule has 0 radical (unpaired) electrons. The molecule has 1 aliphatic heterocycles. The molecule has 1 aliphatic carbocycles. The largest absolute Gasteiger partial charge is 0.399 e. The fraction of sp³-hybridized carbons (Fsp3) is 0.923. The van der Waals surface area contributed by atoms with Crippen LogP contribution in [0.15, 0.2) is 0 Å². The Morgan fingerprint density at radius 3 is 2.47 bits per heavy atom. The summed E-state index contributed by atoms with van der Waals surface area (Å²) < 4.78 is 38.7. The minimum Gasteiger partial charge on any atom is -0.387 e. The van der Waals surface area contributed by atoms with Crippen molar-refractivity contribution in [1.82, 2.24) is 4.90 Å². The summed E-state index contributed by atoms with van der Waals surface area (Å²) in [6.07, 6.45) is 2.12. The van der Waals surface area contributed by atoms with E-state index in [0.717, 1.165) is 32.1 Å². The second-order valence-corrected chi connectivity index (χ2v) is 5.80. The van der Waals surface area contributed by atoms with Crippen LogP contribution in [0.1, 0.15) is 38.5 Å². The fourth-order valence-corrected chi connectivity index (χ4v) is 3.57. The Labute approximate surface area is 111 Å². The van der Waals surface area contributed by atoms with Crippen LogP contribution < -0.4 is 5.73 Å². The molecule has 3 atom stereocenters. The molecule has 2 rings (SSSR count). The van der Waals surface area contributed by atoms with Gasteiger partial charge in [0.15, 0.2) is 0 Å². The number of hydrogen-bond donors (Lipinski definition) is 2. The maximum Gasteiger partial charge on any atom is 0.399 e.